The van der Waals surface area contributed by atoms with Crippen molar-refractivity contribution in [2.45, 2.75) is 18.9 Å². The van der Waals surface area contributed by atoms with E-state index in [-0.39, 0.29) is 24.4 Å². The van der Waals surface area contributed by atoms with Crippen LogP contribution in [0.15, 0.2) is 36.4 Å². The van der Waals surface area contributed by atoms with Crippen molar-refractivity contribution in [1.29, 1.82) is 0 Å². The van der Waals surface area contributed by atoms with Gasteiger partial charge in [0.2, 0.25) is 11.8 Å². The van der Waals surface area contributed by atoms with E-state index < -0.39 is 29.6 Å². The molecule has 0 bridgehead atoms. The Bertz CT molecular complexity index is 994. The number of urea groups is 1. The highest BCUT2D eigenvalue weighted by Gasteiger charge is 2.29. The number of amides is 4. The third kappa shape index (κ3) is 3.68. The topological polar surface area (TPSA) is 90.5 Å². The number of fused-ring (bicyclic) bond motifs is 1. The van der Waals surface area contributed by atoms with Crippen LogP contribution in [0.4, 0.5) is 25.0 Å². The van der Waals surface area contributed by atoms with Gasteiger partial charge in [-0.2, -0.15) is 0 Å². The van der Waals surface area contributed by atoms with Crippen LogP contribution < -0.4 is 20.9 Å². The van der Waals surface area contributed by atoms with Crippen LogP contribution in [0, 0.1) is 11.6 Å². The second-order valence-corrected chi connectivity index (χ2v) is 6.86. The van der Waals surface area contributed by atoms with Crippen molar-refractivity contribution in [2.75, 3.05) is 23.3 Å². The molecule has 0 saturated carbocycles. The Morgan fingerprint density at radius 1 is 1.07 bits per heavy atom. The van der Waals surface area contributed by atoms with Gasteiger partial charge in [0.15, 0.2) is 11.6 Å². The molecule has 0 spiro atoms. The lowest BCUT2D eigenvalue weighted by molar-refractivity contribution is -0.120. The van der Waals surface area contributed by atoms with Crippen molar-refractivity contribution >= 4 is 29.2 Å². The first-order valence-corrected chi connectivity index (χ1v) is 9.16. The Morgan fingerprint density at radius 3 is 2.55 bits per heavy atom. The Labute approximate surface area is 165 Å². The molecule has 2 aromatic carbocycles. The maximum atomic E-state index is 14.0. The van der Waals surface area contributed by atoms with Crippen molar-refractivity contribution in [3.8, 4) is 0 Å². The summed E-state index contributed by atoms with van der Waals surface area (Å²) in [7, 11) is 0. The largest absolute Gasteiger partial charge is 0.328 e. The lowest BCUT2D eigenvalue weighted by Crippen LogP contribution is -2.49. The van der Waals surface area contributed by atoms with Crippen LogP contribution in [0.5, 0.6) is 0 Å². The molecule has 4 amide bonds. The first kappa shape index (κ1) is 19.0. The quantitative estimate of drug-likeness (QED) is 0.737. The maximum absolute atomic E-state index is 14.0. The number of nitrogens with zero attached hydrogens (tertiary/aromatic N) is 1. The summed E-state index contributed by atoms with van der Waals surface area (Å²) in [4.78, 5) is 37.3. The van der Waals surface area contributed by atoms with E-state index in [0.717, 1.165) is 6.07 Å². The van der Waals surface area contributed by atoms with E-state index >= 15 is 0 Å². The molecule has 2 heterocycles. The zero-order valence-electron chi connectivity index (χ0n) is 15.3. The number of rotatable bonds is 3. The summed E-state index contributed by atoms with van der Waals surface area (Å²) in [6, 6.07) is 7.72. The first-order valence-electron chi connectivity index (χ1n) is 9.16. The van der Waals surface area contributed by atoms with E-state index in [1.807, 2.05) is 0 Å². The van der Waals surface area contributed by atoms with Crippen molar-refractivity contribution in [1.82, 2.24) is 10.6 Å². The molecule has 1 fully saturated rings. The second-order valence-electron chi connectivity index (χ2n) is 6.86. The molecule has 4 rings (SSSR count). The molecule has 3 N–H and O–H groups in total. The summed E-state index contributed by atoms with van der Waals surface area (Å²) in [5.74, 6) is -2.55. The molecule has 2 aliphatic rings. The predicted octanol–water partition coefficient (Wildman–Crippen LogP) is 2.24. The predicted molar refractivity (Wildman–Crippen MR) is 101 cm³/mol. The first-order chi connectivity index (χ1) is 13.9. The van der Waals surface area contributed by atoms with Gasteiger partial charge in [0.05, 0.1) is 0 Å². The van der Waals surface area contributed by atoms with Crippen molar-refractivity contribution in [3.63, 3.8) is 0 Å². The van der Waals surface area contributed by atoms with E-state index in [0.29, 0.717) is 29.9 Å². The van der Waals surface area contributed by atoms with Crippen LogP contribution in [-0.4, -0.2) is 30.9 Å². The van der Waals surface area contributed by atoms with Gasteiger partial charge in [0.1, 0.15) is 6.04 Å². The minimum atomic E-state index is -0.927. The number of anilines is 2. The van der Waals surface area contributed by atoms with Crippen LogP contribution >= 0.6 is 0 Å². The number of carbonyl (C=O) groups excluding carboxylic acids is 3. The third-order valence-electron chi connectivity index (χ3n) is 5.03. The highest BCUT2D eigenvalue weighted by molar-refractivity contribution is 6.05. The van der Waals surface area contributed by atoms with E-state index in [9.17, 15) is 23.2 Å². The highest BCUT2D eigenvalue weighted by Crippen LogP contribution is 2.28. The molecule has 1 unspecified atom stereocenters. The fourth-order valence-corrected chi connectivity index (χ4v) is 3.57. The molecule has 1 atom stereocenters. The minimum absolute atomic E-state index is 0.213. The third-order valence-corrected chi connectivity index (χ3v) is 5.03. The van der Waals surface area contributed by atoms with Gasteiger partial charge in [-0.25, -0.2) is 13.6 Å². The van der Waals surface area contributed by atoms with Gasteiger partial charge in [-0.05, 0) is 47.9 Å². The standard InChI is InChI=1S/C20H18F2N4O3/c21-15-6-5-14-13(17(15)22)7-9-23-18(14)19(28)24-11-1-3-12(4-2-11)26-10-8-16(27)25-20(26)29/h1-6,18,23H,7-10H2,(H,24,28)(H,25,27,29). The average Bonchev–Trinajstić information content (AvgIpc) is 2.71. The number of benzene rings is 2. The molecule has 29 heavy (non-hydrogen) atoms. The summed E-state index contributed by atoms with van der Waals surface area (Å²) in [6.07, 6.45) is 0.520. The van der Waals surface area contributed by atoms with Crippen LogP contribution in [0.1, 0.15) is 23.6 Å². The maximum Gasteiger partial charge on any atom is 0.328 e. The molecule has 2 aliphatic heterocycles. The summed E-state index contributed by atoms with van der Waals surface area (Å²) in [6.45, 7) is 0.633. The number of halogens is 2. The van der Waals surface area contributed by atoms with Crippen molar-refractivity contribution in [3.05, 3.63) is 59.2 Å². The van der Waals surface area contributed by atoms with Crippen LogP contribution in [-0.2, 0) is 16.0 Å². The molecular weight excluding hydrogens is 382 g/mol. The Morgan fingerprint density at radius 2 is 1.83 bits per heavy atom. The Balaban J connectivity index is 1.48. The fraction of sp³-hybridized carbons (Fsp3) is 0.250. The molecular formula is C20H18F2N4O3. The Hall–Kier alpha value is -3.33. The molecule has 150 valence electrons. The van der Waals surface area contributed by atoms with Crippen molar-refractivity contribution in [2.24, 2.45) is 0 Å². The number of nitrogens with one attached hydrogen (secondary N) is 3. The normalized spacial score (nSPS) is 18.8. The van der Waals surface area contributed by atoms with Crippen LogP contribution in [0.2, 0.25) is 0 Å². The lowest BCUT2D eigenvalue weighted by Gasteiger charge is -2.27. The minimum Gasteiger partial charge on any atom is -0.324 e. The zero-order chi connectivity index (χ0) is 20.5. The van der Waals surface area contributed by atoms with Crippen LogP contribution in [0.25, 0.3) is 0 Å². The second kappa shape index (κ2) is 7.59. The van der Waals surface area contributed by atoms with Gasteiger partial charge >= 0.3 is 6.03 Å². The van der Waals surface area contributed by atoms with E-state index in [4.69, 9.17) is 0 Å². The van der Waals surface area contributed by atoms with Gasteiger partial charge in [-0.1, -0.05) is 6.07 Å². The van der Waals surface area contributed by atoms with Crippen molar-refractivity contribution < 1.29 is 23.2 Å². The van der Waals surface area contributed by atoms with Gasteiger partial charge in [0.25, 0.3) is 0 Å². The summed E-state index contributed by atoms with van der Waals surface area (Å²) < 4.78 is 27.5. The van der Waals surface area contributed by atoms with E-state index in [2.05, 4.69) is 16.0 Å². The van der Waals surface area contributed by atoms with Gasteiger partial charge in [0, 0.05) is 30.9 Å². The lowest BCUT2D eigenvalue weighted by atomic mass is 9.93. The summed E-state index contributed by atoms with van der Waals surface area (Å²) in [5, 5.41) is 8.01. The Kier molecular flexibility index (Phi) is 4.98. The number of hydrogen-bond donors (Lipinski definition) is 3. The molecule has 7 nitrogen and oxygen atoms in total. The molecule has 0 aromatic heterocycles. The van der Waals surface area contributed by atoms with Crippen LogP contribution in [0.3, 0.4) is 0 Å². The van der Waals surface area contributed by atoms with Gasteiger partial charge < -0.3 is 10.6 Å². The molecule has 0 radical (unpaired) electrons. The van der Waals surface area contributed by atoms with E-state index in [1.54, 1.807) is 24.3 Å². The average molecular weight is 400 g/mol. The van der Waals surface area contributed by atoms with Gasteiger partial charge in [-0.15, -0.1) is 0 Å². The number of carbonyl (C=O) groups is 3. The monoisotopic (exact) mass is 400 g/mol. The molecule has 2 aromatic rings. The zero-order valence-corrected chi connectivity index (χ0v) is 15.3. The van der Waals surface area contributed by atoms with Gasteiger partial charge in [-0.3, -0.25) is 19.8 Å². The number of hydrogen-bond acceptors (Lipinski definition) is 4. The number of imide groups is 1. The summed E-state index contributed by atoms with van der Waals surface area (Å²) >= 11 is 0. The molecule has 0 aliphatic carbocycles. The fourth-order valence-electron chi connectivity index (χ4n) is 3.57. The molecule has 1 saturated heterocycles. The van der Waals surface area contributed by atoms with E-state index in [1.165, 1.54) is 11.0 Å². The summed E-state index contributed by atoms with van der Waals surface area (Å²) in [5.41, 5.74) is 1.71. The SMILES string of the molecule is O=C1CCN(c2ccc(NC(=O)C3NCCc4c3ccc(F)c4F)cc2)C(=O)N1. The highest BCUT2D eigenvalue weighted by atomic mass is 19.2. The molecule has 9 heteroatoms. The smallest absolute Gasteiger partial charge is 0.324 e.